The molecule has 0 saturated carbocycles. The first kappa shape index (κ1) is 13.1. The van der Waals surface area contributed by atoms with Gasteiger partial charge in [0.05, 0.1) is 5.60 Å². The highest BCUT2D eigenvalue weighted by molar-refractivity contribution is 7.99. The molecule has 2 N–H and O–H groups in total. The van der Waals surface area contributed by atoms with Crippen molar-refractivity contribution >= 4 is 23.5 Å². The van der Waals surface area contributed by atoms with Gasteiger partial charge in [-0.3, -0.25) is 0 Å². The lowest BCUT2D eigenvalue weighted by molar-refractivity contribution is -0.0820. The molecule has 2 aliphatic rings. The molecule has 0 aromatic rings. The number of ether oxygens (including phenoxy) is 1. The lowest BCUT2D eigenvalue weighted by Gasteiger charge is -2.40. The maximum absolute atomic E-state index is 6.30. The smallest absolute Gasteiger partial charge is 0.0783 e. The van der Waals surface area contributed by atoms with Gasteiger partial charge in [-0.1, -0.05) is 6.92 Å². The number of hydrogen-bond acceptors (Lipinski definition) is 4. The van der Waals surface area contributed by atoms with E-state index in [0.717, 1.165) is 18.8 Å². The van der Waals surface area contributed by atoms with Crippen LogP contribution in [0, 0.1) is 5.92 Å². The molecule has 1 spiro atoms. The van der Waals surface area contributed by atoms with Gasteiger partial charge in [-0.2, -0.15) is 23.5 Å². The minimum absolute atomic E-state index is 0.197. The summed E-state index contributed by atoms with van der Waals surface area (Å²) in [5, 5.41) is 0. The van der Waals surface area contributed by atoms with Gasteiger partial charge in [-0.15, -0.1) is 0 Å². The van der Waals surface area contributed by atoms with Gasteiger partial charge in [-0.05, 0) is 36.7 Å². The largest absolute Gasteiger partial charge is 0.374 e. The summed E-state index contributed by atoms with van der Waals surface area (Å²) in [5.41, 5.74) is 6.50. The zero-order valence-electron chi connectivity index (χ0n) is 10.1. The minimum atomic E-state index is 0.197. The van der Waals surface area contributed by atoms with E-state index in [4.69, 9.17) is 10.5 Å². The number of thioether (sulfide) groups is 2. The van der Waals surface area contributed by atoms with Gasteiger partial charge in [-0.25, -0.2) is 0 Å². The van der Waals surface area contributed by atoms with Crippen molar-refractivity contribution in [2.24, 2.45) is 11.7 Å². The molecule has 2 nitrogen and oxygen atoms in total. The number of nitrogens with two attached hydrogens (primary N) is 1. The van der Waals surface area contributed by atoms with E-state index in [1.165, 1.54) is 30.1 Å². The molecular formula is C12H23NOS2. The Morgan fingerprint density at radius 1 is 1.62 bits per heavy atom. The molecule has 2 heterocycles. The molecule has 16 heavy (non-hydrogen) atoms. The van der Waals surface area contributed by atoms with Crippen LogP contribution in [0.25, 0.3) is 0 Å². The SMILES string of the molecule is CCSCC(N)C1CCOC2(CCSC2)C1. The Hall–Kier alpha value is 0.620. The van der Waals surface area contributed by atoms with Gasteiger partial charge >= 0.3 is 0 Å². The normalized spacial score (nSPS) is 36.8. The third-order valence-electron chi connectivity index (χ3n) is 3.72. The van der Waals surface area contributed by atoms with Crippen LogP contribution in [0.3, 0.4) is 0 Å². The fourth-order valence-corrected chi connectivity index (χ4v) is 4.84. The Bertz CT molecular complexity index is 219. The fourth-order valence-electron chi connectivity index (χ4n) is 2.68. The third-order valence-corrected chi connectivity index (χ3v) is 5.97. The molecular weight excluding hydrogens is 238 g/mol. The zero-order chi connectivity index (χ0) is 11.4. The molecule has 0 aromatic heterocycles. The quantitative estimate of drug-likeness (QED) is 0.843. The van der Waals surface area contributed by atoms with Crippen molar-refractivity contribution < 1.29 is 4.74 Å². The molecule has 2 rings (SSSR count). The van der Waals surface area contributed by atoms with Gasteiger partial charge in [0.15, 0.2) is 0 Å². The molecule has 2 fully saturated rings. The van der Waals surface area contributed by atoms with Crippen LogP contribution in [-0.2, 0) is 4.74 Å². The fraction of sp³-hybridized carbons (Fsp3) is 1.00. The zero-order valence-corrected chi connectivity index (χ0v) is 11.7. The Kier molecular flexibility index (Phi) is 4.89. The maximum atomic E-state index is 6.30. The first-order valence-electron chi connectivity index (χ1n) is 6.31. The first-order chi connectivity index (χ1) is 7.76. The number of rotatable bonds is 4. The third kappa shape index (κ3) is 3.09. The summed E-state index contributed by atoms with van der Waals surface area (Å²) < 4.78 is 6.03. The van der Waals surface area contributed by atoms with E-state index in [1.54, 1.807) is 0 Å². The lowest BCUT2D eigenvalue weighted by atomic mass is 9.82. The van der Waals surface area contributed by atoms with Crippen LogP contribution < -0.4 is 5.73 Å². The summed E-state index contributed by atoms with van der Waals surface area (Å²) in [6.45, 7) is 3.13. The van der Waals surface area contributed by atoms with Crippen molar-refractivity contribution in [3.8, 4) is 0 Å². The van der Waals surface area contributed by atoms with Crippen LogP contribution in [0.1, 0.15) is 26.2 Å². The Labute approximate surface area is 107 Å². The van der Waals surface area contributed by atoms with Crippen molar-refractivity contribution in [1.82, 2.24) is 0 Å². The van der Waals surface area contributed by atoms with E-state index >= 15 is 0 Å². The topological polar surface area (TPSA) is 35.2 Å². The van der Waals surface area contributed by atoms with E-state index < -0.39 is 0 Å². The second-order valence-electron chi connectivity index (χ2n) is 4.91. The van der Waals surface area contributed by atoms with Crippen LogP contribution in [0.15, 0.2) is 0 Å². The molecule has 2 aliphatic heterocycles. The van der Waals surface area contributed by atoms with Crippen molar-refractivity contribution in [3.63, 3.8) is 0 Å². The highest BCUT2D eigenvalue weighted by atomic mass is 32.2. The Morgan fingerprint density at radius 2 is 2.50 bits per heavy atom. The summed E-state index contributed by atoms with van der Waals surface area (Å²) in [6, 6.07) is 0.372. The van der Waals surface area contributed by atoms with E-state index in [2.05, 4.69) is 6.92 Å². The van der Waals surface area contributed by atoms with Crippen molar-refractivity contribution in [2.45, 2.75) is 37.8 Å². The van der Waals surface area contributed by atoms with Crippen LogP contribution in [-0.4, -0.2) is 41.3 Å². The predicted molar refractivity (Wildman–Crippen MR) is 74.3 cm³/mol. The highest BCUT2D eigenvalue weighted by Gasteiger charge is 2.41. The molecule has 0 amide bonds. The molecule has 0 radical (unpaired) electrons. The Morgan fingerprint density at radius 3 is 3.19 bits per heavy atom. The van der Waals surface area contributed by atoms with E-state index in [-0.39, 0.29) is 5.60 Å². The minimum Gasteiger partial charge on any atom is -0.374 e. The Balaban J connectivity index is 1.85. The van der Waals surface area contributed by atoms with Gasteiger partial charge < -0.3 is 10.5 Å². The van der Waals surface area contributed by atoms with Crippen molar-refractivity contribution in [2.75, 3.05) is 29.6 Å². The van der Waals surface area contributed by atoms with Gasteiger partial charge in [0.25, 0.3) is 0 Å². The standard InChI is InChI=1S/C12H23NOS2/c1-2-15-8-11(13)10-3-5-14-12(7-10)4-6-16-9-12/h10-11H,2-9,13H2,1H3. The number of hydrogen-bond donors (Lipinski definition) is 1. The second-order valence-corrected chi connectivity index (χ2v) is 7.33. The van der Waals surface area contributed by atoms with Crippen LogP contribution in [0.2, 0.25) is 0 Å². The summed E-state index contributed by atoms with van der Waals surface area (Å²) in [5.74, 6) is 5.44. The monoisotopic (exact) mass is 261 g/mol. The molecule has 3 atom stereocenters. The van der Waals surface area contributed by atoms with Gasteiger partial charge in [0, 0.05) is 24.2 Å². The molecule has 3 unspecified atom stereocenters. The average Bonchev–Trinajstić information content (AvgIpc) is 2.74. The van der Waals surface area contributed by atoms with Crippen LogP contribution in [0.4, 0.5) is 0 Å². The summed E-state index contributed by atoms with van der Waals surface area (Å²) in [7, 11) is 0. The summed E-state index contributed by atoms with van der Waals surface area (Å²) in [4.78, 5) is 0. The van der Waals surface area contributed by atoms with E-state index in [0.29, 0.717) is 12.0 Å². The van der Waals surface area contributed by atoms with E-state index in [1.807, 2.05) is 23.5 Å². The molecule has 0 aliphatic carbocycles. The molecule has 0 aromatic carbocycles. The highest BCUT2D eigenvalue weighted by Crippen LogP contribution is 2.41. The summed E-state index contributed by atoms with van der Waals surface area (Å²) >= 11 is 4.01. The summed E-state index contributed by atoms with van der Waals surface area (Å²) in [6.07, 6.45) is 3.60. The first-order valence-corrected chi connectivity index (χ1v) is 8.62. The molecule has 0 bridgehead atoms. The van der Waals surface area contributed by atoms with Gasteiger partial charge in [0.1, 0.15) is 0 Å². The van der Waals surface area contributed by atoms with E-state index in [9.17, 15) is 0 Å². The average molecular weight is 261 g/mol. The van der Waals surface area contributed by atoms with Crippen molar-refractivity contribution in [3.05, 3.63) is 0 Å². The molecule has 2 saturated heterocycles. The lowest BCUT2D eigenvalue weighted by Crippen LogP contribution is -2.46. The molecule has 4 heteroatoms. The van der Waals surface area contributed by atoms with Crippen LogP contribution >= 0.6 is 23.5 Å². The second kappa shape index (κ2) is 5.98. The predicted octanol–water partition coefficient (Wildman–Crippen LogP) is 2.37. The van der Waals surface area contributed by atoms with Gasteiger partial charge in [0.2, 0.25) is 0 Å². The molecule has 94 valence electrons. The maximum Gasteiger partial charge on any atom is 0.0783 e. The van der Waals surface area contributed by atoms with Crippen molar-refractivity contribution in [1.29, 1.82) is 0 Å². The van der Waals surface area contributed by atoms with Crippen LogP contribution in [0.5, 0.6) is 0 Å².